The lowest BCUT2D eigenvalue weighted by Gasteiger charge is -2.03. The van der Waals surface area contributed by atoms with Gasteiger partial charge in [0.25, 0.3) is 5.91 Å². The van der Waals surface area contributed by atoms with Gasteiger partial charge in [-0.25, -0.2) is 0 Å². The number of carbonyl (C=O) groups excluding carboxylic acids is 1. The van der Waals surface area contributed by atoms with E-state index >= 15 is 0 Å². The Bertz CT molecular complexity index is 587. The Balaban J connectivity index is 1.90. The molecule has 0 fully saturated rings. The summed E-state index contributed by atoms with van der Waals surface area (Å²) >= 11 is 7.14. The summed E-state index contributed by atoms with van der Waals surface area (Å²) in [7, 11) is 0. The van der Waals surface area contributed by atoms with Crippen molar-refractivity contribution in [2.75, 3.05) is 11.9 Å². The summed E-state index contributed by atoms with van der Waals surface area (Å²) in [5.74, 6) is -0.230. The van der Waals surface area contributed by atoms with Crippen molar-refractivity contribution in [3.8, 4) is 0 Å². The molecule has 0 aliphatic rings. The quantitative estimate of drug-likeness (QED) is 0.861. The van der Waals surface area contributed by atoms with Crippen molar-refractivity contribution < 1.29 is 4.79 Å². The van der Waals surface area contributed by atoms with Gasteiger partial charge in [-0.05, 0) is 24.1 Å². The van der Waals surface area contributed by atoms with Crippen LogP contribution in [0.5, 0.6) is 0 Å². The van der Waals surface area contributed by atoms with Crippen LogP contribution in [0.3, 0.4) is 0 Å². The highest BCUT2D eigenvalue weighted by atomic mass is 35.5. The van der Waals surface area contributed by atoms with Gasteiger partial charge >= 0.3 is 0 Å². The van der Waals surface area contributed by atoms with E-state index < -0.39 is 0 Å². The third-order valence-corrected chi connectivity index (χ3v) is 3.60. The van der Waals surface area contributed by atoms with E-state index in [0.717, 1.165) is 18.5 Å². The summed E-state index contributed by atoms with van der Waals surface area (Å²) in [6.07, 6.45) is 0.996. The fourth-order valence-corrected chi connectivity index (χ4v) is 2.42. The molecule has 7 heteroatoms. The molecule has 0 aliphatic heterocycles. The lowest BCUT2D eigenvalue weighted by Crippen LogP contribution is -2.22. The Hall–Kier alpha value is -1.66. The molecular formula is C13H15ClN4OS. The number of anilines is 1. The van der Waals surface area contributed by atoms with Crippen LogP contribution in [0.25, 0.3) is 0 Å². The van der Waals surface area contributed by atoms with E-state index in [0.29, 0.717) is 21.7 Å². The second-order valence-electron chi connectivity index (χ2n) is 4.15. The van der Waals surface area contributed by atoms with E-state index in [1.54, 1.807) is 6.07 Å². The summed E-state index contributed by atoms with van der Waals surface area (Å²) in [4.78, 5) is 11.9. The summed E-state index contributed by atoms with van der Waals surface area (Å²) in [6, 6.07) is 7.36. The SMILES string of the molecule is CCCNc1nnc(C(=O)NCc2cccc(Cl)c2)s1. The van der Waals surface area contributed by atoms with Crippen molar-refractivity contribution in [2.24, 2.45) is 0 Å². The van der Waals surface area contributed by atoms with Gasteiger partial charge in [-0.15, -0.1) is 10.2 Å². The summed E-state index contributed by atoms with van der Waals surface area (Å²) in [5.41, 5.74) is 0.944. The maximum Gasteiger partial charge on any atom is 0.282 e. The Kier molecular flexibility index (Phi) is 5.31. The third-order valence-electron chi connectivity index (χ3n) is 2.49. The second kappa shape index (κ2) is 7.21. The number of nitrogens with one attached hydrogen (secondary N) is 2. The molecule has 0 bridgehead atoms. The van der Waals surface area contributed by atoms with E-state index in [2.05, 4.69) is 27.8 Å². The molecule has 1 heterocycles. The van der Waals surface area contributed by atoms with Crippen molar-refractivity contribution >= 4 is 34.0 Å². The average molecular weight is 311 g/mol. The Morgan fingerprint density at radius 1 is 1.40 bits per heavy atom. The van der Waals surface area contributed by atoms with E-state index in [1.807, 2.05) is 18.2 Å². The van der Waals surface area contributed by atoms with Crippen LogP contribution in [-0.4, -0.2) is 22.6 Å². The Morgan fingerprint density at radius 2 is 2.25 bits per heavy atom. The third kappa shape index (κ3) is 4.18. The number of rotatable bonds is 6. The molecule has 0 saturated carbocycles. The largest absolute Gasteiger partial charge is 0.360 e. The van der Waals surface area contributed by atoms with E-state index in [1.165, 1.54) is 11.3 Å². The predicted octanol–water partition coefficient (Wildman–Crippen LogP) is 2.94. The number of benzene rings is 1. The van der Waals surface area contributed by atoms with Crippen LogP contribution in [0.1, 0.15) is 28.7 Å². The summed E-state index contributed by atoms with van der Waals surface area (Å²) in [5, 5.41) is 15.3. The van der Waals surface area contributed by atoms with Gasteiger partial charge in [0.2, 0.25) is 10.1 Å². The Labute approximate surface area is 126 Å². The zero-order chi connectivity index (χ0) is 14.4. The van der Waals surface area contributed by atoms with Crippen LogP contribution >= 0.6 is 22.9 Å². The first-order valence-electron chi connectivity index (χ1n) is 6.29. The molecular weight excluding hydrogens is 296 g/mol. The van der Waals surface area contributed by atoms with Gasteiger partial charge in [-0.3, -0.25) is 4.79 Å². The van der Waals surface area contributed by atoms with Crippen molar-refractivity contribution in [2.45, 2.75) is 19.9 Å². The molecule has 106 valence electrons. The van der Waals surface area contributed by atoms with Crippen molar-refractivity contribution in [3.63, 3.8) is 0 Å². The molecule has 0 aliphatic carbocycles. The minimum atomic E-state index is -0.230. The van der Waals surface area contributed by atoms with E-state index in [9.17, 15) is 4.79 Å². The normalized spacial score (nSPS) is 10.3. The van der Waals surface area contributed by atoms with E-state index in [-0.39, 0.29) is 5.91 Å². The second-order valence-corrected chi connectivity index (χ2v) is 5.57. The number of amides is 1. The van der Waals surface area contributed by atoms with Crippen LogP contribution in [0.15, 0.2) is 24.3 Å². The van der Waals surface area contributed by atoms with Crippen LogP contribution in [0.4, 0.5) is 5.13 Å². The minimum absolute atomic E-state index is 0.230. The standard InChI is InChI=1S/C13H15ClN4OS/c1-2-6-15-13-18-17-12(20-13)11(19)16-8-9-4-3-5-10(14)7-9/h3-5,7H,2,6,8H2,1H3,(H,15,18)(H,16,19). The molecule has 0 unspecified atom stereocenters. The number of halogens is 1. The van der Waals surface area contributed by atoms with Crippen molar-refractivity contribution in [1.29, 1.82) is 0 Å². The maximum atomic E-state index is 11.9. The number of aromatic nitrogens is 2. The Morgan fingerprint density at radius 3 is 3.00 bits per heavy atom. The van der Waals surface area contributed by atoms with Gasteiger partial charge in [0.1, 0.15) is 0 Å². The molecule has 1 aromatic carbocycles. The molecule has 0 atom stereocenters. The highest BCUT2D eigenvalue weighted by Crippen LogP contribution is 2.15. The fraction of sp³-hybridized carbons (Fsp3) is 0.308. The topological polar surface area (TPSA) is 66.9 Å². The first-order chi connectivity index (χ1) is 9.69. The molecule has 5 nitrogen and oxygen atoms in total. The van der Waals surface area contributed by atoms with Crippen LogP contribution in [0.2, 0.25) is 5.02 Å². The number of nitrogens with zero attached hydrogens (tertiary/aromatic N) is 2. The van der Waals surface area contributed by atoms with Gasteiger partial charge in [0, 0.05) is 18.1 Å². The molecule has 2 rings (SSSR count). The van der Waals surface area contributed by atoms with Crippen molar-refractivity contribution in [1.82, 2.24) is 15.5 Å². The molecule has 0 spiro atoms. The van der Waals surface area contributed by atoms with Gasteiger partial charge in [0.15, 0.2) is 0 Å². The van der Waals surface area contributed by atoms with Crippen LogP contribution in [0, 0.1) is 0 Å². The highest BCUT2D eigenvalue weighted by molar-refractivity contribution is 7.17. The van der Waals surface area contributed by atoms with Gasteiger partial charge in [-0.2, -0.15) is 0 Å². The molecule has 0 saturated heterocycles. The average Bonchev–Trinajstić information content (AvgIpc) is 2.91. The minimum Gasteiger partial charge on any atom is -0.360 e. The molecule has 1 amide bonds. The first kappa shape index (κ1) is 14.7. The fourth-order valence-electron chi connectivity index (χ4n) is 1.52. The summed E-state index contributed by atoms with van der Waals surface area (Å²) < 4.78 is 0. The molecule has 1 aromatic heterocycles. The summed E-state index contributed by atoms with van der Waals surface area (Å²) in [6.45, 7) is 3.29. The predicted molar refractivity (Wildman–Crippen MR) is 81.3 cm³/mol. The van der Waals surface area contributed by atoms with Gasteiger partial charge < -0.3 is 10.6 Å². The molecule has 2 N–H and O–H groups in total. The zero-order valence-electron chi connectivity index (χ0n) is 11.0. The number of hydrogen-bond donors (Lipinski definition) is 2. The van der Waals surface area contributed by atoms with Crippen molar-refractivity contribution in [3.05, 3.63) is 39.9 Å². The molecule has 20 heavy (non-hydrogen) atoms. The molecule has 2 aromatic rings. The lowest BCUT2D eigenvalue weighted by atomic mass is 10.2. The first-order valence-corrected chi connectivity index (χ1v) is 7.48. The zero-order valence-corrected chi connectivity index (χ0v) is 12.6. The number of hydrogen-bond acceptors (Lipinski definition) is 5. The smallest absolute Gasteiger partial charge is 0.282 e. The number of carbonyl (C=O) groups is 1. The highest BCUT2D eigenvalue weighted by Gasteiger charge is 2.12. The van der Waals surface area contributed by atoms with Crippen LogP contribution in [-0.2, 0) is 6.54 Å². The maximum absolute atomic E-state index is 11.9. The lowest BCUT2D eigenvalue weighted by molar-refractivity contribution is 0.0950. The monoisotopic (exact) mass is 310 g/mol. The van der Waals surface area contributed by atoms with Gasteiger partial charge in [-0.1, -0.05) is 42.0 Å². The van der Waals surface area contributed by atoms with Crippen LogP contribution < -0.4 is 10.6 Å². The molecule has 0 radical (unpaired) electrons. The van der Waals surface area contributed by atoms with Gasteiger partial charge in [0.05, 0.1) is 0 Å². The van der Waals surface area contributed by atoms with E-state index in [4.69, 9.17) is 11.6 Å².